The van der Waals surface area contributed by atoms with Crippen LogP contribution in [0.1, 0.15) is 44.5 Å². The molecule has 0 fully saturated rings. The first-order chi connectivity index (χ1) is 14.3. The van der Waals surface area contributed by atoms with Crippen molar-refractivity contribution < 1.29 is 18.0 Å². The van der Waals surface area contributed by atoms with Crippen LogP contribution in [0.3, 0.4) is 0 Å². The number of Topliss-reactive ketones (excluding diaryl/α,β-unsaturated/α-hetero) is 1. The molecule has 3 aromatic rings. The number of sulfonamides is 1. The molecule has 2 aromatic carbocycles. The zero-order valence-corrected chi connectivity index (χ0v) is 17.1. The van der Waals surface area contributed by atoms with Gasteiger partial charge in [-0.25, -0.2) is 8.42 Å². The van der Waals surface area contributed by atoms with Gasteiger partial charge in [-0.05, 0) is 24.6 Å². The number of nitrogens with zero attached hydrogens (tertiary/aromatic N) is 2. The Hall–Kier alpha value is -3.30. The van der Waals surface area contributed by atoms with Crippen molar-refractivity contribution >= 4 is 27.5 Å². The van der Waals surface area contributed by atoms with E-state index in [0.717, 1.165) is 0 Å². The number of anilines is 1. The van der Waals surface area contributed by atoms with Gasteiger partial charge >= 0.3 is 0 Å². The van der Waals surface area contributed by atoms with Crippen LogP contribution in [0, 0.1) is 0 Å². The average Bonchev–Trinajstić information content (AvgIpc) is 3.31. The lowest BCUT2D eigenvalue weighted by Gasteiger charge is -2.16. The van der Waals surface area contributed by atoms with Crippen molar-refractivity contribution in [2.75, 3.05) is 5.32 Å². The van der Waals surface area contributed by atoms with E-state index in [1.807, 2.05) is 6.07 Å². The molecule has 1 aliphatic heterocycles. The van der Waals surface area contributed by atoms with Crippen LogP contribution in [0.25, 0.3) is 0 Å². The molecule has 1 aromatic heterocycles. The fourth-order valence-corrected chi connectivity index (χ4v) is 4.77. The molecule has 1 aliphatic rings. The fourth-order valence-electron chi connectivity index (χ4n) is 3.32. The predicted molar refractivity (Wildman–Crippen MR) is 111 cm³/mol. The number of carbonyl (C=O) groups is 2. The van der Waals surface area contributed by atoms with Crippen LogP contribution in [-0.2, 0) is 28.9 Å². The Morgan fingerprint density at radius 3 is 2.37 bits per heavy atom. The molecule has 0 aliphatic carbocycles. The van der Waals surface area contributed by atoms with Gasteiger partial charge in [-0.3, -0.25) is 14.7 Å². The quantitative estimate of drug-likeness (QED) is 0.591. The van der Waals surface area contributed by atoms with Gasteiger partial charge in [-0.1, -0.05) is 42.5 Å². The van der Waals surface area contributed by atoms with Crippen LogP contribution in [0.4, 0.5) is 5.82 Å². The molecule has 9 heteroatoms. The number of hydrogen-bond donors (Lipinski definition) is 2. The summed E-state index contributed by atoms with van der Waals surface area (Å²) in [6.45, 7) is 1.78. The highest BCUT2D eigenvalue weighted by Crippen LogP contribution is 2.30. The number of H-pyrrole nitrogens is 1. The number of nitrogens with one attached hydrogen (secondary N) is 2. The molecule has 2 N–H and O–H groups in total. The van der Waals surface area contributed by atoms with Crippen molar-refractivity contribution in [3.8, 4) is 0 Å². The smallest absolute Gasteiger partial charge is 0.256 e. The molecule has 154 valence electrons. The van der Waals surface area contributed by atoms with Crippen LogP contribution in [0.15, 0.2) is 54.6 Å². The summed E-state index contributed by atoms with van der Waals surface area (Å²) in [5.74, 6) is -0.243. The molecule has 8 nitrogen and oxygen atoms in total. The van der Waals surface area contributed by atoms with Gasteiger partial charge in [0.05, 0.1) is 18.0 Å². The number of fused-ring (bicyclic) bond motifs is 1. The van der Waals surface area contributed by atoms with E-state index in [9.17, 15) is 18.0 Å². The number of carbonyl (C=O) groups excluding carboxylic acids is 2. The number of benzene rings is 2. The standard InChI is InChI=1S/C21H20N4O4S/c1-14(26)16-7-9-17(10-8-16)21(27)22-20-18-11-25(12-19(18)23-24-20)30(28,29)13-15-5-3-2-4-6-15/h2-10H,11-13H2,1H3,(H2,22,23,24,27). The van der Waals surface area contributed by atoms with E-state index in [4.69, 9.17) is 0 Å². The van der Waals surface area contributed by atoms with Gasteiger partial charge in [-0.15, -0.1) is 0 Å². The highest BCUT2D eigenvalue weighted by atomic mass is 32.2. The second-order valence-electron chi connectivity index (χ2n) is 7.13. The van der Waals surface area contributed by atoms with Crippen molar-refractivity contribution in [1.82, 2.24) is 14.5 Å². The van der Waals surface area contributed by atoms with Gasteiger partial charge in [0.1, 0.15) is 0 Å². The molecule has 0 bridgehead atoms. The molecule has 30 heavy (non-hydrogen) atoms. The van der Waals surface area contributed by atoms with E-state index in [2.05, 4.69) is 15.5 Å². The summed E-state index contributed by atoms with van der Waals surface area (Å²) in [5.41, 5.74) is 2.93. The molecule has 0 saturated heterocycles. The molecule has 0 spiro atoms. The Labute approximate surface area is 174 Å². The zero-order valence-electron chi connectivity index (χ0n) is 16.3. The third kappa shape index (κ3) is 4.03. The second kappa shape index (κ2) is 7.85. The number of ketones is 1. The van der Waals surface area contributed by atoms with E-state index in [0.29, 0.717) is 33.8 Å². The number of aromatic amines is 1. The molecule has 2 heterocycles. The lowest BCUT2D eigenvalue weighted by molar-refractivity contribution is 0.100. The monoisotopic (exact) mass is 424 g/mol. The maximum absolute atomic E-state index is 12.8. The van der Waals surface area contributed by atoms with Gasteiger partial charge in [-0.2, -0.15) is 9.40 Å². The third-order valence-electron chi connectivity index (χ3n) is 4.99. The van der Waals surface area contributed by atoms with Crippen molar-refractivity contribution in [3.05, 3.63) is 82.5 Å². The summed E-state index contributed by atoms with van der Waals surface area (Å²) >= 11 is 0. The summed E-state index contributed by atoms with van der Waals surface area (Å²) < 4.78 is 26.9. The van der Waals surface area contributed by atoms with E-state index in [1.54, 1.807) is 48.5 Å². The van der Waals surface area contributed by atoms with Gasteiger partial charge in [0.25, 0.3) is 5.91 Å². The van der Waals surface area contributed by atoms with E-state index in [-0.39, 0.29) is 30.5 Å². The Morgan fingerprint density at radius 1 is 1.03 bits per heavy atom. The highest BCUT2D eigenvalue weighted by molar-refractivity contribution is 7.88. The van der Waals surface area contributed by atoms with E-state index < -0.39 is 10.0 Å². The Balaban J connectivity index is 1.47. The van der Waals surface area contributed by atoms with Crippen molar-refractivity contribution in [3.63, 3.8) is 0 Å². The van der Waals surface area contributed by atoms with Gasteiger partial charge in [0, 0.05) is 23.2 Å². The lowest BCUT2D eigenvalue weighted by Crippen LogP contribution is -2.27. The highest BCUT2D eigenvalue weighted by Gasteiger charge is 2.33. The first-order valence-corrected chi connectivity index (χ1v) is 10.9. The normalized spacial score (nSPS) is 13.8. The van der Waals surface area contributed by atoms with Crippen molar-refractivity contribution in [1.29, 1.82) is 0 Å². The SMILES string of the molecule is CC(=O)c1ccc(C(=O)Nc2n[nH]c3c2CN(S(=O)(=O)Cc2ccccc2)C3)cc1. The summed E-state index contributed by atoms with van der Waals surface area (Å²) in [6.07, 6.45) is 0. The molecule has 0 radical (unpaired) electrons. The van der Waals surface area contributed by atoms with Crippen LogP contribution in [0.2, 0.25) is 0 Å². The second-order valence-corrected chi connectivity index (χ2v) is 9.10. The summed E-state index contributed by atoms with van der Waals surface area (Å²) in [7, 11) is -3.52. The van der Waals surface area contributed by atoms with Crippen molar-refractivity contribution in [2.45, 2.75) is 25.8 Å². The zero-order chi connectivity index (χ0) is 21.3. The third-order valence-corrected chi connectivity index (χ3v) is 6.74. The number of amides is 1. The van der Waals surface area contributed by atoms with Crippen LogP contribution < -0.4 is 5.32 Å². The summed E-state index contributed by atoms with van der Waals surface area (Å²) in [5, 5.41) is 9.66. The fraction of sp³-hybridized carbons (Fsp3) is 0.190. The molecule has 0 saturated carbocycles. The molecule has 4 rings (SSSR count). The molecule has 0 unspecified atom stereocenters. The Morgan fingerprint density at radius 2 is 1.70 bits per heavy atom. The van der Waals surface area contributed by atoms with Gasteiger partial charge in [0.15, 0.2) is 11.6 Å². The minimum absolute atomic E-state index is 0.0797. The van der Waals surface area contributed by atoms with E-state index in [1.165, 1.54) is 11.2 Å². The number of aromatic nitrogens is 2. The van der Waals surface area contributed by atoms with Crippen molar-refractivity contribution in [2.24, 2.45) is 0 Å². The first kappa shape index (κ1) is 20.0. The molecule has 0 atom stereocenters. The maximum atomic E-state index is 12.8. The molecular weight excluding hydrogens is 404 g/mol. The minimum Gasteiger partial charge on any atom is -0.305 e. The predicted octanol–water partition coefficient (Wildman–Crippen LogP) is 2.71. The number of hydrogen-bond acceptors (Lipinski definition) is 5. The Bertz CT molecular complexity index is 1200. The summed E-state index contributed by atoms with van der Waals surface area (Å²) in [6, 6.07) is 15.3. The minimum atomic E-state index is -3.52. The topological polar surface area (TPSA) is 112 Å². The largest absolute Gasteiger partial charge is 0.305 e. The summed E-state index contributed by atoms with van der Waals surface area (Å²) in [4.78, 5) is 23.9. The molecule has 1 amide bonds. The van der Waals surface area contributed by atoms with Gasteiger partial charge in [0.2, 0.25) is 10.0 Å². The number of rotatable bonds is 6. The lowest BCUT2D eigenvalue weighted by atomic mass is 10.1. The Kier molecular flexibility index (Phi) is 5.23. The maximum Gasteiger partial charge on any atom is 0.256 e. The average molecular weight is 424 g/mol. The van der Waals surface area contributed by atoms with Crippen LogP contribution in [-0.4, -0.2) is 34.6 Å². The van der Waals surface area contributed by atoms with E-state index >= 15 is 0 Å². The first-order valence-electron chi connectivity index (χ1n) is 9.34. The van der Waals surface area contributed by atoms with Crippen LogP contribution in [0.5, 0.6) is 0 Å². The molecular formula is C21H20N4O4S. The van der Waals surface area contributed by atoms with Crippen LogP contribution >= 0.6 is 0 Å². The van der Waals surface area contributed by atoms with Gasteiger partial charge < -0.3 is 5.32 Å².